The Bertz CT molecular complexity index is 870. The molecule has 0 spiro atoms. The maximum Gasteiger partial charge on any atom is 0.255 e. The normalized spacial score (nSPS) is 17.0. The van der Waals surface area contributed by atoms with Gasteiger partial charge in [0.25, 0.3) is 5.91 Å². The maximum atomic E-state index is 12.9. The van der Waals surface area contributed by atoms with Crippen LogP contribution < -0.4 is 10.6 Å². The van der Waals surface area contributed by atoms with Gasteiger partial charge in [0.2, 0.25) is 0 Å². The van der Waals surface area contributed by atoms with Crippen molar-refractivity contribution in [3.05, 3.63) is 66.6 Å². The van der Waals surface area contributed by atoms with Gasteiger partial charge in [0, 0.05) is 36.7 Å². The number of amides is 1. The van der Waals surface area contributed by atoms with Gasteiger partial charge < -0.3 is 10.6 Å². The van der Waals surface area contributed by atoms with Crippen molar-refractivity contribution in [1.29, 1.82) is 0 Å². The molecule has 1 aliphatic heterocycles. The van der Waals surface area contributed by atoms with Crippen LogP contribution in [-0.2, 0) is 0 Å². The molecule has 2 aromatic heterocycles. The van der Waals surface area contributed by atoms with Gasteiger partial charge in [-0.3, -0.25) is 9.78 Å². The lowest BCUT2D eigenvalue weighted by molar-refractivity contribution is 0.0931. The van der Waals surface area contributed by atoms with Gasteiger partial charge in [-0.1, -0.05) is 18.2 Å². The van der Waals surface area contributed by atoms with Crippen LogP contribution in [-0.4, -0.2) is 39.8 Å². The Morgan fingerprint density at radius 1 is 1.19 bits per heavy atom. The number of aromatic nitrogens is 3. The van der Waals surface area contributed by atoms with Crippen molar-refractivity contribution in [2.45, 2.75) is 18.9 Å². The van der Waals surface area contributed by atoms with Gasteiger partial charge in [-0.15, -0.1) is 0 Å². The van der Waals surface area contributed by atoms with Gasteiger partial charge in [-0.05, 0) is 43.7 Å². The molecule has 1 fully saturated rings. The van der Waals surface area contributed by atoms with Crippen molar-refractivity contribution in [3.8, 4) is 16.9 Å². The Hall–Kier alpha value is -2.99. The number of piperidine rings is 1. The van der Waals surface area contributed by atoms with Crippen molar-refractivity contribution in [2.24, 2.45) is 0 Å². The molecule has 6 heteroatoms. The molecule has 3 aromatic rings. The third kappa shape index (κ3) is 3.50. The molecule has 1 aromatic carbocycles. The second-order valence-electron chi connectivity index (χ2n) is 6.43. The number of carbonyl (C=O) groups is 1. The molecule has 1 amide bonds. The highest BCUT2D eigenvalue weighted by molar-refractivity contribution is 6.00. The van der Waals surface area contributed by atoms with Crippen LogP contribution in [0.4, 0.5) is 0 Å². The average Bonchev–Trinajstić information content (AvgIpc) is 3.16. The summed E-state index contributed by atoms with van der Waals surface area (Å²) in [5.41, 5.74) is 2.95. The van der Waals surface area contributed by atoms with Crippen LogP contribution in [0.15, 0.2) is 61.1 Å². The summed E-state index contributed by atoms with van der Waals surface area (Å²) in [6.45, 7) is 1.82. The Balaban J connectivity index is 1.69. The van der Waals surface area contributed by atoms with Gasteiger partial charge in [0.1, 0.15) is 5.69 Å². The lowest BCUT2D eigenvalue weighted by atomic mass is 10.1. The van der Waals surface area contributed by atoms with E-state index < -0.39 is 0 Å². The second kappa shape index (κ2) is 7.49. The van der Waals surface area contributed by atoms with Crippen molar-refractivity contribution >= 4 is 5.91 Å². The molecule has 3 heterocycles. The molecule has 0 bridgehead atoms. The van der Waals surface area contributed by atoms with Gasteiger partial charge in [0.05, 0.1) is 11.3 Å². The predicted molar refractivity (Wildman–Crippen MR) is 100 cm³/mol. The fraction of sp³-hybridized carbons (Fsp3) is 0.250. The van der Waals surface area contributed by atoms with Crippen molar-refractivity contribution in [3.63, 3.8) is 0 Å². The Morgan fingerprint density at radius 3 is 2.81 bits per heavy atom. The standard InChI is InChI=1S/C20H21N5O/c26-20(23-16-7-5-11-22-13-16)18-14-25(17-8-2-1-3-9-17)24-19(18)15-6-4-10-21-12-15/h1-4,6,8-10,12,14,16,22H,5,7,11,13H2,(H,23,26)/t16-/m0/s1. The molecule has 132 valence electrons. The Kier molecular flexibility index (Phi) is 4.75. The minimum atomic E-state index is -0.0975. The first kappa shape index (κ1) is 16.5. The van der Waals surface area contributed by atoms with Crippen LogP contribution in [0.1, 0.15) is 23.2 Å². The number of carbonyl (C=O) groups excluding carboxylic acids is 1. The molecule has 6 nitrogen and oxygen atoms in total. The number of para-hydroxylation sites is 1. The molecule has 0 unspecified atom stereocenters. The van der Waals surface area contributed by atoms with E-state index >= 15 is 0 Å². The third-order valence-corrected chi connectivity index (χ3v) is 4.55. The van der Waals surface area contributed by atoms with Crippen LogP contribution in [0.2, 0.25) is 0 Å². The van der Waals surface area contributed by atoms with Crippen molar-refractivity contribution < 1.29 is 4.79 Å². The van der Waals surface area contributed by atoms with E-state index in [1.54, 1.807) is 23.3 Å². The first-order valence-corrected chi connectivity index (χ1v) is 8.88. The number of hydrogen-bond donors (Lipinski definition) is 2. The summed E-state index contributed by atoms with van der Waals surface area (Å²) < 4.78 is 1.75. The summed E-state index contributed by atoms with van der Waals surface area (Å²) in [6, 6.07) is 13.7. The number of nitrogens with one attached hydrogen (secondary N) is 2. The first-order chi connectivity index (χ1) is 12.8. The van der Waals surface area contributed by atoms with E-state index in [0.717, 1.165) is 37.2 Å². The minimum absolute atomic E-state index is 0.0975. The molecule has 4 rings (SSSR count). The number of nitrogens with zero attached hydrogens (tertiary/aromatic N) is 3. The fourth-order valence-electron chi connectivity index (χ4n) is 3.21. The van der Waals surface area contributed by atoms with Crippen molar-refractivity contribution in [1.82, 2.24) is 25.4 Å². The predicted octanol–water partition coefficient (Wildman–Crippen LogP) is 2.42. The molecule has 0 aliphatic carbocycles. The smallest absolute Gasteiger partial charge is 0.255 e. The first-order valence-electron chi connectivity index (χ1n) is 8.88. The molecule has 0 saturated carbocycles. The molecular formula is C20H21N5O. The van der Waals surface area contributed by atoms with Gasteiger partial charge >= 0.3 is 0 Å². The summed E-state index contributed by atoms with van der Waals surface area (Å²) in [6.07, 6.45) is 7.31. The van der Waals surface area contributed by atoms with Gasteiger partial charge in [-0.2, -0.15) is 5.10 Å². The van der Waals surface area contributed by atoms with E-state index in [4.69, 9.17) is 0 Å². The number of benzene rings is 1. The second-order valence-corrected chi connectivity index (χ2v) is 6.43. The van der Waals surface area contributed by atoms with E-state index in [9.17, 15) is 4.79 Å². The summed E-state index contributed by atoms with van der Waals surface area (Å²) in [5, 5.41) is 11.1. The fourth-order valence-corrected chi connectivity index (χ4v) is 3.21. The lowest BCUT2D eigenvalue weighted by Gasteiger charge is -2.23. The summed E-state index contributed by atoms with van der Waals surface area (Å²) in [4.78, 5) is 17.1. The molecule has 1 saturated heterocycles. The molecule has 26 heavy (non-hydrogen) atoms. The van der Waals surface area contributed by atoms with E-state index in [1.165, 1.54) is 0 Å². The summed E-state index contributed by atoms with van der Waals surface area (Å²) in [5.74, 6) is -0.0975. The maximum absolute atomic E-state index is 12.9. The zero-order valence-corrected chi connectivity index (χ0v) is 14.4. The summed E-state index contributed by atoms with van der Waals surface area (Å²) >= 11 is 0. The van der Waals surface area contributed by atoms with E-state index in [2.05, 4.69) is 20.7 Å². The van der Waals surface area contributed by atoms with Gasteiger partial charge in [-0.25, -0.2) is 4.68 Å². The van der Waals surface area contributed by atoms with Crippen LogP contribution >= 0.6 is 0 Å². The molecular weight excluding hydrogens is 326 g/mol. The van der Waals surface area contributed by atoms with Gasteiger partial charge in [0.15, 0.2) is 0 Å². The van der Waals surface area contributed by atoms with Crippen LogP contribution in [0, 0.1) is 0 Å². The molecule has 2 N–H and O–H groups in total. The highest BCUT2D eigenvalue weighted by Crippen LogP contribution is 2.23. The lowest BCUT2D eigenvalue weighted by Crippen LogP contribution is -2.45. The zero-order valence-electron chi connectivity index (χ0n) is 14.4. The number of pyridine rings is 1. The summed E-state index contributed by atoms with van der Waals surface area (Å²) in [7, 11) is 0. The number of rotatable bonds is 4. The monoisotopic (exact) mass is 347 g/mol. The minimum Gasteiger partial charge on any atom is -0.348 e. The highest BCUT2D eigenvalue weighted by Gasteiger charge is 2.22. The third-order valence-electron chi connectivity index (χ3n) is 4.55. The quantitative estimate of drug-likeness (QED) is 0.760. The van der Waals surface area contributed by atoms with E-state index in [-0.39, 0.29) is 11.9 Å². The van der Waals surface area contributed by atoms with Crippen molar-refractivity contribution in [2.75, 3.05) is 13.1 Å². The highest BCUT2D eigenvalue weighted by atomic mass is 16.1. The molecule has 0 radical (unpaired) electrons. The zero-order chi connectivity index (χ0) is 17.8. The van der Waals surface area contributed by atoms with E-state index in [1.807, 2.05) is 42.5 Å². The largest absolute Gasteiger partial charge is 0.348 e. The Labute approximate surface area is 152 Å². The topological polar surface area (TPSA) is 71.8 Å². The van der Waals surface area contributed by atoms with Crippen LogP contribution in [0.3, 0.4) is 0 Å². The van der Waals surface area contributed by atoms with Crippen LogP contribution in [0.5, 0.6) is 0 Å². The Morgan fingerprint density at radius 2 is 2.08 bits per heavy atom. The number of hydrogen-bond acceptors (Lipinski definition) is 4. The van der Waals surface area contributed by atoms with Crippen LogP contribution in [0.25, 0.3) is 16.9 Å². The molecule has 1 aliphatic rings. The molecule has 1 atom stereocenters. The average molecular weight is 347 g/mol. The van der Waals surface area contributed by atoms with E-state index in [0.29, 0.717) is 11.3 Å². The SMILES string of the molecule is O=C(N[C@H]1CCCNC1)c1cn(-c2ccccc2)nc1-c1cccnc1.